The monoisotopic (exact) mass is 267 g/mol. The van der Waals surface area contributed by atoms with Crippen molar-refractivity contribution in [1.82, 2.24) is 0 Å². The molecule has 19 heavy (non-hydrogen) atoms. The van der Waals surface area contributed by atoms with Crippen LogP contribution in [-0.2, 0) is 0 Å². The largest absolute Gasteiger partial charge is 0.390 e. The molecule has 0 saturated carbocycles. The molecule has 2 rings (SSSR count). The molecule has 0 aromatic heterocycles. The smallest absolute Gasteiger partial charge is 0.146 e. The highest BCUT2D eigenvalue weighted by Gasteiger charge is 2.26. The van der Waals surface area contributed by atoms with E-state index in [-0.39, 0.29) is 5.82 Å². The van der Waals surface area contributed by atoms with Crippen LogP contribution >= 0.6 is 0 Å². The molecular formula is C15H22FNO2. The summed E-state index contributed by atoms with van der Waals surface area (Å²) in [5.74, 6) is -0.306. The number of halogens is 1. The van der Waals surface area contributed by atoms with Crippen LogP contribution in [0.4, 0.5) is 10.1 Å². The van der Waals surface area contributed by atoms with Crippen molar-refractivity contribution in [3.8, 4) is 0 Å². The summed E-state index contributed by atoms with van der Waals surface area (Å²) in [6.45, 7) is 4.86. The quantitative estimate of drug-likeness (QED) is 0.865. The van der Waals surface area contributed by atoms with Crippen LogP contribution in [0.5, 0.6) is 0 Å². The van der Waals surface area contributed by atoms with Gasteiger partial charge in [0.25, 0.3) is 0 Å². The summed E-state index contributed by atoms with van der Waals surface area (Å²) in [6, 6.07) is 4.87. The Bertz CT molecular complexity index is 446. The Labute approximate surface area is 113 Å². The van der Waals surface area contributed by atoms with E-state index in [1.54, 1.807) is 19.1 Å². The summed E-state index contributed by atoms with van der Waals surface area (Å²) in [7, 11) is 0. The van der Waals surface area contributed by atoms with Crippen molar-refractivity contribution < 1.29 is 14.6 Å². The van der Waals surface area contributed by atoms with Crippen molar-refractivity contribution >= 4 is 5.69 Å². The molecule has 2 unspecified atom stereocenters. The van der Waals surface area contributed by atoms with Gasteiger partial charge in [-0.1, -0.05) is 6.07 Å². The zero-order valence-corrected chi connectivity index (χ0v) is 11.6. The fourth-order valence-corrected chi connectivity index (χ4v) is 2.54. The van der Waals surface area contributed by atoms with Crippen molar-refractivity contribution in [2.24, 2.45) is 0 Å². The normalized spacial score (nSPS) is 26.1. The first-order chi connectivity index (χ1) is 8.89. The Balaban J connectivity index is 2.18. The Morgan fingerprint density at radius 3 is 2.68 bits per heavy atom. The summed E-state index contributed by atoms with van der Waals surface area (Å²) in [5.41, 5.74) is 0.496. The molecule has 106 valence electrons. The molecule has 2 N–H and O–H groups in total. The molecule has 0 amide bonds. The van der Waals surface area contributed by atoms with E-state index in [4.69, 9.17) is 0 Å². The lowest BCUT2D eigenvalue weighted by atomic mass is 9.98. The van der Waals surface area contributed by atoms with E-state index < -0.39 is 11.7 Å². The number of aliphatic hydroxyl groups excluding tert-OH is 1. The van der Waals surface area contributed by atoms with Crippen molar-refractivity contribution in [2.45, 2.75) is 44.8 Å². The molecule has 0 aliphatic carbocycles. The van der Waals surface area contributed by atoms with Gasteiger partial charge in [0.2, 0.25) is 0 Å². The van der Waals surface area contributed by atoms with Crippen molar-refractivity contribution in [1.29, 1.82) is 0 Å². The Hall–Kier alpha value is -1.13. The van der Waals surface area contributed by atoms with Gasteiger partial charge in [0.05, 0.1) is 17.4 Å². The van der Waals surface area contributed by atoms with Crippen molar-refractivity contribution in [3.05, 3.63) is 29.6 Å². The fourth-order valence-electron chi connectivity index (χ4n) is 2.54. The molecule has 1 aromatic carbocycles. The van der Waals surface area contributed by atoms with Crippen LogP contribution in [0.15, 0.2) is 18.2 Å². The molecule has 4 heteroatoms. The van der Waals surface area contributed by atoms with Crippen LogP contribution in [-0.4, -0.2) is 28.9 Å². The van der Waals surface area contributed by atoms with Gasteiger partial charge in [-0.15, -0.1) is 0 Å². The SMILES string of the molecule is CC(O)c1ccc(N2CCCC(C)(O)CC2)c(F)c1. The topological polar surface area (TPSA) is 43.7 Å². The molecule has 1 aliphatic heterocycles. The Morgan fingerprint density at radius 2 is 2.05 bits per heavy atom. The highest BCUT2D eigenvalue weighted by Crippen LogP contribution is 2.28. The van der Waals surface area contributed by atoms with E-state index in [2.05, 4.69) is 0 Å². The van der Waals surface area contributed by atoms with Gasteiger partial charge < -0.3 is 15.1 Å². The van der Waals surface area contributed by atoms with Crippen LogP contribution in [0, 0.1) is 5.82 Å². The lowest BCUT2D eigenvalue weighted by molar-refractivity contribution is 0.0481. The highest BCUT2D eigenvalue weighted by atomic mass is 19.1. The molecule has 1 aliphatic rings. The molecule has 2 atom stereocenters. The molecule has 1 fully saturated rings. The second-order valence-corrected chi connectivity index (χ2v) is 5.72. The highest BCUT2D eigenvalue weighted by molar-refractivity contribution is 5.49. The number of hydrogen-bond donors (Lipinski definition) is 2. The van der Waals surface area contributed by atoms with Gasteiger partial charge >= 0.3 is 0 Å². The standard InChI is InChI=1S/C15H22FNO2/c1-11(18)12-4-5-14(13(16)10-12)17-8-3-6-15(2,19)7-9-17/h4-5,10-11,18-19H,3,6-9H2,1-2H3. The van der Waals surface area contributed by atoms with Crippen LogP contribution in [0.25, 0.3) is 0 Å². The number of anilines is 1. The van der Waals surface area contributed by atoms with E-state index in [0.29, 0.717) is 24.2 Å². The second-order valence-electron chi connectivity index (χ2n) is 5.72. The fraction of sp³-hybridized carbons (Fsp3) is 0.600. The molecular weight excluding hydrogens is 245 g/mol. The Kier molecular flexibility index (Phi) is 4.11. The van der Waals surface area contributed by atoms with Crippen LogP contribution in [0.3, 0.4) is 0 Å². The number of aliphatic hydroxyl groups is 2. The van der Waals surface area contributed by atoms with E-state index in [9.17, 15) is 14.6 Å². The lowest BCUT2D eigenvalue weighted by Crippen LogP contribution is -2.28. The van der Waals surface area contributed by atoms with Gasteiger partial charge in [-0.3, -0.25) is 0 Å². The molecule has 3 nitrogen and oxygen atoms in total. The van der Waals surface area contributed by atoms with Gasteiger partial charge in [0.15, 0.2) is 0 Å². The molecule has 1 heterocycles. The molecule has 0 bridgehead atoms. The maximum atomic E-state index is 14.1. The zero-order chi connectivity index (χ0) is 14.0. The Morgan fingerprint density at radius 1 is 1.32 bits per heavy atom. The van der Waals surface area contributed by atoms with Gasteiger partial charge in [-0.2, -0.15) is 0 Å². The molecule has 0 spiro atoms. The average Bonchev–Trinajstić information content (AvgIpc) is 2.50. The number of hydrogen-bond acceptors (Lipinski definition) is 3. The molecule has 0 radical (unpaired) electrons. The first kappa shape index (κ1) is 14.3. The number of nitrogens with zero attached hydrogens (tertiary/aromatic N) is 1. The van der Waals surface area contributed by atoms with Crippen molar-refractivity contribution in [2.75, 3.05) is 18.0 Å². The first-order valence-electron chi connectivity index (χ1n) is 6.84. The van der Waals surface area contributed by atoms with E-state index >= 15 is 0 Å². The summed E-state index contributed by atoms with van der Waals surface area (Å²) >= 11 is 0. The maximum Gasteiger partial charge on any atom is 0.146 e. The predicted molar refractivity (Wildman–Crippen MR) is 73.7 cm³/mol. The van der Waals surface area contributed by atoms with Crippen LogP contribution in [0.1, 0.15) is 44.8 Å². The summed E-state index contributed by atoms with van der Waals surface area (Å²) < 4.78 is 14.1. The van der Waals surface area contributed by atoms with Gasteiger partial charge in [0.1, 0.15) is 5.82 Å². The van der Waals surface area contributed by atoms with E-state index in [1.165, 1.54) is 6.07 Å². The third kappa shape index (κ3) is 3.45. The van der Waals surface area contributed by atoms with Gasteiger partial charge in [0, 0.05) is 13.1 Å². The number of rotatable bonds is 2. The number of benzene rings is 1. The van der Waals surface area contributed by atoms with E-state index in [1.807, 2.05) is 11.8 Å². The maximum absolute atomic E-state index is 14.1. The van der Waals surface area contributed by atoms with Gasteiger partial charge in [-0.05, 0) is 50.8 Å². The minimum absolute atomic E-state index is 0.306. The predicted octanol–water partition coefficient (Wildman–Crippen LogP) is 2.62. The third-order valence-corrected chi connectivity index (χ3v) is 3.86. The lowest BCUT2D eigenvalue weighted by Gasteiger charge is -2.25. The summed E-state index contributed by atoms with van der Waals surface area (Å²) in [4.78, 5) is 1.97. The second kappa shape index (κ2) is 5.47. The first-order valence-corrected chi connectivity index (χ1v) is 6.84. The van der Waals surface area contributed by atoms with Crippen LogP contribution in [0.2, 0.25) is 0 Å². The van der Waals surface area contributed by atoms with Crippen molar-refractivity contribution in [3.63, 3.8) is 0 Å². The zero-order valence-electron chi connectivity index (χ0n) is 11.6. The van der Waals surface area contributed by atoms with Gasteiger partial charge in [-0.25, -0.2) is 4.39 Å². The van der Waals surface area contributed by atoms with E-state index in [0.717, 1.165) is 19.4 Å². The summed E-state index contributed by atoms with van der Waals surface area (Å²) in [6.07, 6.45) is 1.58. The summed E-state index contributed by atoms with van der Waals surface area (Å²) in [5, 5.41) is 19.5. The average molecular weight is 267 g/mol. The molecule has 1 saturated heterocycles. The minimum Gasteiger partial charge on any atom is -0.390 e. The molecule has 1 aromatic rings. The minimum atomic E-state index is -0.659. The third-order valence-electron chi connectivity index (χ3n) is 3.86. The van der Waals surface area contributed by atoms with Crippen LogP contribution < -0.4 is 4.90 Å².